The molecule has 0 aliphatic heterocycles. The fraction of sp³-hybridized carbons (Fsp3) is 0.158. The summed E-state index contributed by atoms with van der Waals surface area (Å²) >= 11 is 1.55. The standard InChI is InChI=1S/C19H18N2O2S/c1-14-6-8-15(9-7-14)13-21-10-2-5-17(21)18(22)19(23)20-12-16-4-3-11-24-16/h2-11H,12-13H2,1H3,(H,20,23). The molecule has 2 aromatic heterocycles. The van der Waals surface area contributed by atoms with Crippen LogP contribution < -0.4 is 5.32 Å². The van der Waals surface area contributed by atoms with Gasteiger partial charge in [0.2, 0.25) is 0 Å². The molecular formula is C19H18N2O2S. The van der Waals surface area contributed by atoms with Crippen molar-refractivity contribution in [3.8, 4) is 0 Å². The Morgan fingerprint density at radius 2 is 1.88 bits per heavy atom. The number of ketones is 1. The van der Waals surface area contributed by atoms with Gasteiger partial charge in [0.25, 0.3) is 11.7 Å². The van der Waals surface area contributed by atoms with Crippen molar-refractivity contribution < 1.29 is 9.59 Å². The van der Waals surface area contributed by atoms with Gasteiger partial charge < -0.3 is 9.88 Å². The van der Waals surface area contributed by atoms with E-state index in [9.17, 15) is 9.59 Å². The molecule has 0 saturated carbocycles. The Balaban J connectivity index is 1.68. The predicted octanol–water partition coefficient (Wildman–Crippen LogP) is 3.41. The maximum Gasteiger partial charge on any atom is 0.294 e. The van der Waals surface area contributed by atoms with Crippen LogP contribution in [0, 0.1) is 6.92 Å². The zero-order valence-electron chi connectivity index (χ0n) is 13.4. The molecule has 5 heteroatoms. The number of hydrogen-bond donors (Lipinski definition) is 1. The molecule has 0 aliphatic carbocycles. The Kier molecular flexibility index (Phi) is 4.91. The van der Waals surface area contributed by atoms with Gasteiger partial charge in [-0.1, -0.05) is 35.9 Å². The number of aryl methyl sites for hydroxylation is 1. The number of hydrogen-bond acceptors (Lipinski definition) is 3. The maximum atomic E-state index is 12.4. The van der Waals surface area contributed by atoms with Gasteiger partial charge in [-0.3, -0.25) is 9.59 Å². The number of carbonyl (C=O) groups excluding carboxylic acids is 2. The van der Waals surface area contributed by atoms with Crippen molar-refractivity contribution in [3.63, 3.8) is 0 Å². The number of thiophene rings is 1. The Labute approximate surface area is 144 Å². The molecule has 24 heavy (non-hydrogen) atoms. The lowest BCUT2D eigenvalue weighted by Crippen LogP contribution is -2.31. The number of nitrogens with zero attached hydrogens (tertiary/aromatic N) is 1. The van der Waals surface area contributed by atoms with Crippen molar-refractivity contribution in [3.05, 3.63) is 81.8 Å². The number of carbonyl (C=O) groups is 2. The number of Topliss-reactive ketones (excluding diaryl/α,β-unsaturated/α-hetero) is 1. The van der Waals surface area contributed by atoms with Crippen molar-refractivity contribution in [1.82, 2.24) is 9.88 Å². The topological polar surface area (TPSA) is 51.1 Å². The Morgan fingerprint density at radius 3 is 2.58 bits per heavy atom. The summed E-state index contributed by atoms with van der Waals surface area (Å²) < 4.78 is 1.80. The summed E-state index contributed by atoms with van der Waals surface area (Å²) in [6, 6.07) is 15.4. The second kappa shape index (κ2) is 7.27. The van der Waals surface area contributed by atoms with Crippen LogP contribution in [0.4, 0.5) is 0 Å². The predicted molar refractivity (Wildman–Crippen MR) is 95.2 cm³/mol. The molecule has 3 aromatic rings. The third kappa shape index (κ3) is 3.81. The highest BCUT2D eigenvalue weighted by molar-refractivity contribution is 7.09. The normalized spacial score (nSPS) is 10.5. The van der Waals surface area contributed by atoms with Crippen LogP contribution in [0.15, 0.2) is 60.1 Å². The van der Waals surface area contributed by atoms with Crippen molar-refractivity contribution >= 4 is 23.0 Å². The lowest BCUT2D eigenvalue weighted by molar-refractivity contribution is -0.117. The molecule has 0 saturated heterocycles. The smallest absolute Gasteiger partial charge is 0.294 e. The summed E-state index contributed by atoms with van der Waals surface area (Å²) in [5, 5.41) is 4.62. The molecule has 0 atom stereocenters. The molecule has 0 fully saturated rings. The lowest BCUT2D eigenvalue weighted by atomic mass is 10.1. The first-order chi connectivity index (χ1) is 11.6. The maximum absolute atomic E-state index is 12.4. The van der Waals surface area contributed by atoms with Crippen LogP contribution in [-0.4, -0.2) is 16.3 Å². The SMILES string of the molecule is Cc1ccc(Cn2cccc2C(=O)C(=O)NCc2cccs2)cc1. The number of benzene rings is 1. The first-order valence-electron chi connectivity index (χ1n) is 7.69. The van der Waals surface area contributed by atoms with Crippen LogP contribution in [0.2, 0.25) is 0 Å². The van der Waals surface area contributed by atoms with Crippen LogP contribution in [0.25, 0.3) is 0 Å². The number of rotatable bonds is 6. The zero-order valence-corrected chi connectivity index (χ0v) is 14.2. The van der Waals surface area contributed by atoms with E-state index >= 15 is 0 Å². The van der Waals surface area contributed by atoms with Gasteiger partial charge in [0, 0.05) is 17.6 Å². The lowest BCUT2D eigenvalue weighted by Gasteiger charge is -2.09. The molecule has 4 nitrogen and oxygen atoms in total. The molecule has 0 radical (unpaired) electrons. The monoisotopic (exact) mass is 338 g/mol. The highest BCUT2D eigenvalue weighted by Gasteiger charge is 2.19. The molecule has 122 valence electrons. The van der Waals surface area contributed by atoms with Crippen molar-refractivity contribution in [2.24, 2.45) is 0 Å². The van der Waals surface area contributed by atoms with E-state index in [1.54, 1.807) is 28.0 Å². The number of nitrogens with one attached hydrogen (secondary N) is 1. The molecule has 1 N–H and O–H groups in total. The van der Waals surface area contributed by atoms with Crippen LogP contribution in [0.3, 0.4) is 0 Å². The van der Waals surface area contributed by atoms with Gasteiger partial charge in [-0.2, -0.15) is 0 Å². The minimum Gasteiger partial charge on any atom is -0.344 e. The highest BCUT2D eigenvalue weighted by atomic mass is 32.1. The second-order valence-electron chi connectivity index (χ2n) is 5.60. The number of aromatic nitrogens is 1. The van der Waals surface area contributed by atoms with E-state index in [0.717, 1.165) is 10.4 Å². The largest absolute Gasteiger partial charge is 0.344 e. The minimum atomic E-state index is -0.577. The Hall–Kier alpha value is -2.66. The van der Waals surface area contributed by atoms with Gasteiger partial charge in [0.05, 0.1) is 12.2 Å². The fourth-order valence-corrected chi connectivity index (χ4v) is 3.07. The molecule has 0 aliphatic rings. The first kappa shape index (κ1) is 16.2. The third-order valence-electron chi connectivity index (χ3n) is 3.75. The average Bonchev–Trinajstić information content (AvgIpc) is 3.25. The zero-order chi connectivity index (χ0) is 16.9. The molecule has 2 heterocycles. The van der Waals surface area contributed by atoms with Crippen molar-refractivity contribution in [1.29, 1.82) is 0 Å². The van der Waals surface area contributed by atoms with E-state index in [1.165, 1.54) is 5.56 Å². The quantitative estimate of drug-likeness (QED) is 0.553. The van der Waals surface area contributed by atoms with Crippen molar-refractivity contribution in [2.45, 2.75) is 20.0 Å². The van der Waals surface area contributed by atoms with Gasteiger partial charge in [0.1, 0.15) is 0 Å². The van der Waals surface area contributed by atoms with Gasteiger partial charge in [-0.15, -0.1) is 11.3 Å². The van der Waals surface area contributed by atoms with Crippen LogP contribution >= 0.6 is 11.3 Å². The van der Waals surface area contributed by atoms with E-state index in [1.807, 2.05) is 54.9 Å². The van der Waals surface area contributed by atoms with Gasteiger partial charge in [0.15, 0.2) is 0 Å². The van der Waals surface area contributed by atoms with Crippen LogP contribution in [-0.2, 0) is 17.9 Å². The summed E-state index contributed by atoms with van der Waals surface area (Å²) in [5.74, 6) is -1.09. The van der Waals surface area contributed by atoms with E-state index in [-0.39, 0.29) is 0 Å². The Morgan fingerprint density at radius 1 is 1.08 bits per heavy atom. The minimum absolute atomic E-state index is 0.376. The fourth-order valence-electron chi connectivity index (χ4n) is 2.43. The Bertz CT molecular complexity index is 833. The van der Waals surface area contributed by atoms with Crippen LogP contribution in [0.1, 0.15) is 26.5 Å². The van der Waals surface area contributed by atoms with Crippen molar-refractivity contribution in [2.75, 3.05) is 0 Å². The average molecular weight is 338 g/mol. The second-order valence-corrected chi connectivity index (χ2v) is 6.63. The highest BCUT2D eigenvalue weighted by Crippen LogP contribution is 2.11. The van der Waals surface area contributed by atoms with E-state index < -0.39 is 11.7 Å². The van der Waals surface area contributed by atoms with Gasteiger partial charge in [-0.05, 0) is 36.1 Å². The van der Waals surface area contributed by atoms with Gasteiger partial charge in [-0.25, -0.2) is 0 Å². The van der Waals surface area contributed by atoms with E-state index in [0.29, 0.717) is 18.8 Å². The summed E-state index contributed by atoms with van der Waals surface area (Å²) in [6.07, 6.45) is 1.82. The third-order valence-corrected chi connectivity index (χ3v) is 4.62. The molecule has 1 amide bonds. The number of amides is 1. The molecule has 0 unspecified atom stereocenters. The molecular weight excluding hydrogens is 320 g/mol. The van der Waals surface area contributed by atoms with E-state index in [4.69, 9.17) is 0 Å². The molecule has 0 spiro atoms. The summed E-state index contributed by atoms with van der Waals surface area (Å²) in [4.78, 5) is 25.5. The molecule has 3 rings (SSSR count). The summed E-state index contributed by atoms with van der Waals surface area (Å²) in [6.45, 7) is 2.97. The molecule has 1 aromatic carbocycles. The summed E-state index contributed by atoms with van der Waals surface area (Å²) in [7, 11) is 0. The first-order valence-corrected chi connectivity index (χ1v) is 8.57. The summed E-state index contributed by atoms with van der Waals surface area (Å²) in [5.41, 5.74) is 2.68. The van der Waals surface area contributed by atoms with E-state index in [2.05, 4.69) is 5.32 Å². The van der Waals surface area contributed by atoms with Crippen LogP contribution in [0.5, 0.6) is 0 Å². The molecule has 0 bridgehead atoms. The van der Waals surface area contributed by atoms with Gasteiger partial charge >= 0.3 is 0 Å².